The van der Waals surface area contributed by atoms with Crippen LogP contribution in [-0.4, -0.2) is 36.2 Å². The maximum Gasteiger partial charge on any atom is 0.310 e. The average molecular weight is 203 g/mol. The summed E-state index contributed by atoms with van der Waals surface area (Å²) in [5.41, 5.74) is -0.463. The van der Waals surface area contributed by atoms with Gasteiger partial charge >= 0.3 is 5.97 Å². The van der Waals surface area contributed by atoms with Crippen LogP contribution in [-0.2, 0) is 4.79 Å². The monoisotopic (exact) mass is 203 g/mol. The summed E-state index contributed by atoms with van der Waals surface area (Å²) >= 11 is 1.78. The summed E-state index contributed by atoms with van der Waals surface area (Å²) < 4.78 is 0. The van der Waals surface area contributed by atoms with Gasteiger partial charge in [0, 0.05) is 6.54 Å². The number of hydrogen-bond acceptors (Lipinski definition) is 3. The fourth-order valence-electron chi connectivity index (χ4n) is 1.80. The van der Waals surface area contributed by atoms with Crippen LogP contribution in [0, 0.1) is 5.41 Å². The summed E-state index contributed by atoms with van der Waals surface area (Å²) in [5, 5.41) is 12.3. The van der Waals surface area contributed by atoms with Gasteiger partial charge in [-0.3, -0.25) is 4.79 Å². The molecule has 0 saturated carbocycles. The number of nitrogens with one attached hydrogen (secondary N) is 1. The van der Waals surface area contributed by atoms with Gasteiger partial charge in [0.2, 0.25) is 0 Å². The Morgan fingerprint density at radius 2 is 2.46 bits per heavy atom. The second kappa shape index (κ2) is 4.86. The number of hydrogen-bond donors (Lipinski definition) is 2. The van der Waals surface area contributed by atoms with Crippen LogP contribution in [0.4, 0.5) is 0 Å². The Labute approximate surface area is 83.3 Å². The van der Waals surface area contributed by atoms with Crippen LogP contribution in [0.1, 0.15) is 19.3 Å². The quantitative estimate of drug-likeness (QED) is 0.659. The number of aliphatic carboxylic acids is 1. The van der Waals surface area contributed by atoms with Crippen molar-refractivity contribution in [1.29, 1.82) is 0 Å². The van der Waals surface area contributed by atoms with Gasteiger partial charge in [-0.25, -0.2) is 0 Å². The Kier molecular flexibility index (Phi) is 4.06. The van der Waals surface area contributed by atoms with E-state index in [1.807, 2.05) is 0 Å². The minimum atomic E-state index is -0.626. The van der Waals surface area contributed by atoms with Crippen molar-refractivity contribution in [2.75, 3.05) is 25.1 Å². The first-order chi connectivity index (χ1) is 6.21. The zero-order valence-electron chi connectivity index (χ0n) is 8.01. The molecule has 0 aromatic heterocycles. The maximum absolute atomic E-state index is 11.1. The molecule has 1 rings (SSSR count). The van der Waals surface area contributed by atoms with Gasteiger partial charge in [-0.1, -0.05) is 0 Å². The van der Waals surface area contributed by atoms with Crippen molar-refractivity contribution in [3.8, 4) is 0 Å². The molecule has 0 aliphatic carbocycles. The highest BCUT2D eigenvalue weighted by atomic mass is 32.2. The molecule has 0 radical (unpaired) electrons. The van der Waals surface area contributed by atoms with E-state index in [4.69, 9.17) is 5.11 Å². The van der Waals surface area contributed by atoms with Crippen molar-refractivity contribution < 1.29 is 9.90 Å². The number of carboxylic acids is 1. The van der Waals surface area contributed by atoms with Gasteiger partial charge in [-0.05, 0) is 37.8 Å². The van der Waals surface area contributed by atoms with E-state index in [0.717, 1.165) is 31.6 Å². The molecule has 1 atom stereocenters. The molecule has 1 fully saturated rings. The van der Waals surface area contributed by atoms with Gasteiger partial charge in [0.15, 0.2) is 0 Å². The third kappa shape index (κ3) is 2.61. The molecule has 3 nitrogen and oxygen atoms in total. The van der Waals surface area contributed by atoms with Crippen LogP contribution < -0.4 is 5.32 Å². The summed E-state index contributed by atoms with van der Waals surface area (Å²) in [6.45, 7) is 1.50. The smallest absolute Gasteiger partial charge is 0.310 e. The van der Waals surface area contributed by atoms with E-state index < -0.39 is 11.4 Å². The van der Waals surface area contributed by atoms with Crippen molar-refractivity contribution in [2.24, 2.45) is 5.41 Å². The molecule has 0 spiro atoms. The number of carboxylic acid groups (broad SMARTS) is 1. The highest BCUT2D eigenvalue weighted by Gasteiger charge is 2.40. The molecule has 4 heteroatoms. The van der Waals surface area contributed by atoms with E-state index in [-0.39, 0.29) is 0 Å². The summed E-state index contributed by atoms with van der Waals surface area (Å²) in [5.74, 6) is 0.438. The molecule has 0 aromatic carbocycles. The first-order valence-electron chi connectivity index (χ1n) is 4.64. The van der Waals surface area contributed by atoms with Gasteiger partial charge in [-0.15, -0.1) is 0 Å². The Bertz CT molecular complexity index is 178. The van der Waals surface area contributed by atoms with Gasteiger partial charge in [0.25, 0.3) is 0 Å². The highest BCUT2D eigenvalue weighted by Crippen LogP contribution is 2.31. The Morgan fingerprint density at radius 1 is 1.69 bits per heavy atom. The van der Waals surface area contributed by atoms with Crippen LogP contribution in [0.15, 0.2) is 0 Å². The van der Waals surface area contributed by atoms with Crippen LogP contribution >= 0.6 is 11.8 Å². The molecule has 76 valence electrons. The Morgan fingerprint density at radius 3 is 2.92 bits per heavy atom. The van der Waals surface area contributed by atoms with Crippen LogP contribution in [0.2, 0.25) is 0 Å². The zero-order valence-corrected chi connectivity index (χ0v) is 8.82. The lowest BCUT2D eigenvalue weighted by Crippen LogP contribution is -2.33. The van der Waals surface area contributed by atoms with E-state index in [1.54, 1.807) is 11.8 Å². The molecule has 1 aliphatic rings. The van der Waals surface area contributed by atoms with Gasteiger partial charge in [0.1, 0.15) is 0 Å². The molecule has 13 heavy (non-hydrogen) atoms. The van der Waals surface area contributed by atoms with E-state index in [9.17, 15) is 4.79 Å². The minimum Gasteiger partial charge on any atom is -0.481 e. The Hall–Kier alpha value is -0.220. The lowest BCUT2D eigenvalue weighted by Gasteiger charge is -2.22. The number of carbonyl (C=O) groups is 1. The van der Waals surface area contributed by atoms with Crippen molar-refractivity contribution >= 4 is 17.7 Å². The number of rotatable bonds is 5. The molecule has 0 aromatic rings. The third-order valence-corrected chi connectivity index (χ3v) is 3.40. The average Bonchev–Trinajstić information content (AvgIpc) is 2.55. The lowest BCUT2D eigenvalue weighted by molar-refractivity contribution is -0.148. The lowest BCUT2D eigenvalue weighted by atomic mass is 9.83. The van der Waals surface area contributed by atoms with Crippen LogP contribution in [0.5, 0.6) is 0 Å². The van der Waals surface area contributed by atoms with Crippen LogP contribution in [0.25, 0.3) is 0 Å². The highest BCUT2D eigenvalue weighted by molar-refractivity contribution is 7.98. The standard InChI is InChI=1S/C9H17NO2S/c1-13-6-2-3-9(8(11)12)4-5-10-7-9/h10H,2-7H2,1H3,(H,11,12). The Balaban J connectivity index is 2.43. The normalized spacial score (nSPS) is 27.8. The molecule has 0 bridgehead atoms. The van der Waals surface area contributed by atoms with E-state index in [0.29, 0.717) is 6.54 Å². The molecular formula is C9H17NO2S. The van der Waals surface area contributed by atoms with Gasteiger partial charge in [0.05, 0.1) is 5.41 Å². The minimum absolute atomic E-state index is 0.463. The van der Waals surface area contributed by atoms with Crippen molar-refractivity contribution in [1.82, 2.24) is 5.32 Å². The first-order valence-corrected chi connectivity index (χ1v) is 6.04. The van der Waals surface area contributed by atoms with E-state index in [2.05, 4.69) is 11.6 Å². The molecule has 1 saturated heterocycles. The summed E-state index contributed by atoms with van der Waals surface area (Å²) in [6.07, 6.45) is 4.67. The topological polar surface area (TPSA) is 49.3 Å². The molecule has 1 aliphatic heterocycles. The number of thioether (sulfide) groups is 1. The van der Waals surface area contributed by atoms with Crippen LogP contribution in [0.3, 0.4) is 0 Å². The fraction of sp³-hybridized carbons (Fsp3) is 0.889. The molecule has 0 amide bonds. The fourth-order valence-corrected chi connectivity index (χ4v) is 2.23. The summed E-state index contributed by atoms with van der Waals surface area (Å²) in [6, 6.07) is 0. The molecule has 1 unspecified atom stereocenters. The predicted octanol–water partition coefficient (Wildman–Crippen LogP) is 1.19. The second-order valence-electron chi connectivity index (χ2n) is 3.61. The largest absolute Gasteiger partial charge is 0.481 e. The van der Waals surface area contributed by atoms with Crippen molar-refractivity contribution in [2.45, 2.75) is 19.3 Å². The van der Waals surface area contributed by atoms with Gasteiger partial charge < -0.3 is 10.4 Å². The first kappa shape index (κ1) is 10.9. The maximum atomic E-state index is 11.1. The summed E-state index contributed by atoms with van der Waals surface area (Å²) in [4.78, 5) is 11.1. The summed E-state index contributed by atoms with van der Waals surface area (Å²) in [7, 11) is 0. The van der Waals surface area contributed by atoms with E-state index >= 15 is 0 Å². The van der Waals surface area contributed by atoms with Crippen molar-refractivity contribution in [3.05, 3.63) is 0 Å². The molecular weight excluding hydrogens is 186 g/mol. The molecule has 2 N–H and O–H groups in total. The second-order valence-corrected chi connectivity index (χ2v) is 4.59. The zero-order chi connectivity index (χ0) is 9.73. The molecule has 1 heterocycles. The SMILES string of the molecule is CSCCCC1(C(=O)O)CCNC1. The third-order valence-electron chi connectivity index (χ3n) is 2.70. The van der Waals surface area contributed by atoms with E-state index in [1.165, 1.54) is 0 Å². The van der Waals surface area contributed by atoms with Gasteiger partial charge in [-0.2, -0.15) is 11.8 Å². The van der Waals surface area contributed by atoms with Crippen molar-refractivity contribution in [3.63, 3.8) is 0 Å². The predicted molar refractivity (Wildman–Crippen MR) is 55.2 cm³/mol.